The Balaban J connectivity index is 2.06. The Hall–Kier alpha value is -2.15. The van der Waals surface area contributed by atoms with Crippen LogP contribution in [0, 0.1) is 10.1 Å². The summed E-state index contributed by atoms with van der Waals surface area (Å²) in [7, 11) is 1.75. The molecule has 2 aromatic rings. The number of ether oxygens (including phenoxy) is 1. The number of nitro benzene ring substituents is 1. The molecule has 7 nitrogen and oxygen atoms in total. The number of halogens is 1. The number of benzene rings is 1. The number of nitrogens with zero attached hydrogens (tertiary/aromatic N) is 4. The van der Waals surface area contributed by atoms with E-state index in [0.29, 0.717) is 11.4 Å². The van der Waals surface area contributed by atoms with Gasteiger partial charge < -0.3 is 4.74 Å². The van der Waals surface area contributed by atoms with E-state index in [9.17, 15) is 10.1 Å². The number of aromatic nitrogens is 3. The molecule has 0 fully saturated rings. The van der Waals surface area contributed by atoms with E-state index in [0.717, 1.165) is 0 Å². The van der Waals surface area contributed by atoms with E-state index in [1.807, 2.05) is 0 Å². The highest BCUT2D eigenvalue weighted by Gasteiger charge is 2.12. The molecule has 0 aliphatic heterocycles. The maximum atomic E-state index is 10.6. The highest BCUT2D eigenvalue weighted by Crippen LogP contribution is 2.28. The average molecular weight is 269 g/mol. The summed E-state index contributed by atoms with van der Waals surface area (Å²) in [6, 6.07) is 4.19. The van der Waals surface area contributed by atoms with Crippen molar-refractivity contribution in [2.45, 2.75) is 6.61 Å². The standard InChI is InChI=1S/C10H9ClN4O3/c1-14-5-7(12-13-14)6-18-8-2-3-10(15(16)17)9(11)4-8/h2-5H,6H2,1H3. The van der Waals surface area contributed by atoms with Gasteiger partial charge in [-0.3, -0.25) is 14.8 Å². The lowest BCUT2D eigenvalue weighted by molar-refractivity contribution is -0.384. The smallest absolute Gasteiger partial charge is 0.288 e. The first-order chi connectivity index (χ1) is 8.56. The molecule has 94 valence electrons. The Bertz CT molecular complexity index is 584. The van der Waals surface area contributed by atoms with E-state index < -0.39 is 4.92 Å². The molecule has 0 aliphatic carbocycles. The zero-order chi connectivity index (χ0) is 13.1. The van der Waals surface area contributed by atoms with Crippen molar-refractivity contribution in [1.82, 2.24) is 15.0 Å². The molecule has 8 heteroatoms. The van der Waals surface area contributed by atoms with Gasteiger partial charge in [-0.25, -0.2) is 0 Å². The fraction of sp³-hybridized carbons (Fsp3) is 0.200. The first-order valence-electron chi connectivity index (χ1n) is 4.98. The number of nitro groups is 1. The number of hydrogen-bond donors (Lipinski definition) is 0. The molecule has 0 saturated carbocycles. The molecule has 0 amide bonds. The minimum atomic E-state index is -0.547. The molecule has 0 spiro atoms. The van der Waals surface area contributed by atoms with E-state index in [1.165, 1.54) is 18.2 Å². The number of hydrogen-bond acceptors (Lipinski definition) is 5. The lowest BCUT2D eigenvalue weighted by Crippen LogP contribution is -1.96. The van der Waals surface area contributed by atoms with Gasteiger partial charge in [0.1, 0.15) is 23.1 Å². The van der Waals surface area contributed by atoms with Gasteiger partial charge in [-0.1, -0.05) is 16.8 Å². The molecule has 1 heterocycles. The van der Waals surface area contributed by atoms with Crippen LogP contribution in [0.25, 0.3) is 0 Å². The minimum absolute atomic E-state index is 0.0386. The molecular formula is C10H9ClN4O3. The highest BCUT2D eigenvalue weighted by molar-refractivity contribution is 6.32. The van der Waals surface area contributed by atoms with Crippen molar-refractivity contribution in [3.63, 3.8) is 0 Å². The van der Waals surface area contributed by atoms with Crippen molar-refractivity contribution in [3.05, 3.63) is 45.2 Å². The largest absolute Gasteiger partial charge is 0.487 e. The normalized spacial score (nSPS) is 10.3. The fourth-order valence-corrected chi connectivity index (χ4v) is 1.58. The van der Waals surface area contributed by atoms with Crippen LogP contribution in [0.3, 0.4) is 0 Å². The first-order valence-corrected chi connectivity index (χ1v) is 5.36. The zero-order valence-electron chi connectivity index (χ0n) is 9.41. The van der Waals surface area contributed by atoms with Gasteiger partial charge in [0.25, 0.3) is 5.69 Å². The molecule has 0 N–H and O–H groups in total. The molecule has 0 aliphatic rings. The second-order valence-corrected chi connectivity index (χ2v) is 3.95. The summed E-state index contributed by atoms with van der Waals surface area (Å²) in [6.45, 7) is 0.224. The molecule has 0 radical (unpaired) electrons. The van der Waals surface area contributed by atoms with Crippen LogP contribution in [-0.2, 0) is 13.7 Å². The summed E-state index contributed by atoms with van der Waals surface area (Å²) in [4.78, 5) is 10.0. The summed E-state index contributed by atoms with van der Waals surface area (Å²) in [5.41, 5.74) is 0.510. The van der Waals surface area contributed by atoms with Gasteiger partial charge >= 0.3 is 0 Å². The third kappa shape index (κ3) is 2.75. The monoisotopic (exact) mass is 268 g/mol. The predicted molar refractivity (Wildman–Crippen MR) is 63.4 cm³/mol. The summed E-state index contributed by atoms with van der Waals surface area (Å²) in [5, 5.41) is 18.2. The average Bonchev–Trinajstić information content (AvgIpc) is 2.72. The molecule has 18 heavy (non-hydrogen) atoms. The Morgan fingerprint density at radius 3 is 2.89 bits per heavy atom. The van der Waals surface area contributed by atoms with E-state index in [4.69, 9.17) is 16.3 Å². The van der Waals surface area contributed by atoms with Crippen LogP contribution in [0.4, 0.5) is 5.69 Å². The third-order valence-electron chi connectivity index (χ3n) is 2.15. The molecule has 2 rings (SSSR count). The van der Waals surface area contributed by atoms with Crippen LogP contribution >= 0.6 is 11.6 Å². The Morgan fingerprint density at radius 1 is 1.56 bits per heavy atom. The number of aryl methyl sites for hydroxylation is 1. The van der Waals surface area contributed by atoms with Crippen molar-refractivity contribution >= 4 is 17.3 Å². The van der Waals surface area contributed by atoms with Crippen molar-refractivity contribution in [3.8, 4) is 5.75 Å². The third-order valence-corrected chi connectivity index (χ3v) is 2.46. The quantitative estimate of drug-likeness (QED) is 0.625. The highest BCUT2D eigenvalue weighted by atomic mass is 35.5. The summed E-state index contributed by atoms with van der Waals surface area (Å²) >= 11 is 5.76. The summed E-state index contributed by atoms with van der Waals surface area (Å²) < 4.78 is 6.96. The van der Waals surface area contributed by atoms with Crippen molar-refractivity contribution in [2.75, 3.05) is 0 Å². The SMILES string of the molecule is Cn1cc(COc2ccc([N+](=O)[O-])c(Cl)c2)nn1. The Morgan fingerprint density at radius 2 is 2.33 bits per heavy atom. The van der Waals surface area contributed by atoms with Gasteiger partial charge in [0, 0.05) is 19.2 Å². The molecule has 0 atom stereocenters. The van der Waals surface area contributed by atoms with Crippen LogP contribution < -0.4 is 4.74 Å². The van der Waals surface area contributed by atoms with Crippen LogP contribution in [-0.4, -0.2) is 19.9 Å². The van der Waals surface area contributed by atoms with Gasteiger partial charge in [-0.05, 0) is 6.07 Å². The van der Waals surface area contributed by atoms with E-state index in [2.05, 4.69) is 10.3 Å². The molecule has 0 bridgehead atoms. The summed E-state index contributed by atoms with van der Waals surface area (Å²) in [5.74, 6) is 0.441. The van der Waals surface area contributed by atoms with E-state index in [1.54, 1.807) is 17.9 Å². The van der Waals surface area contributed by atoms with E-state index in [-0.39, 0.29) is 17.3 Å². The Kier molecular flexibility index (Phi) is 3.42. The molecule has 1 aromatic carbocycles. The van der Waals surface area contributed by atoms with Gasteiger partial charge in [0.2, 0.25) is 0 Å². The molecule has 0 saturated heterocycles. The van der Waals surface area contributed by atoms with Crippen LogP contribution in [0.2, 0.25) is 5.02 Å². The van der Waals surface area contributed by atoms with Crippen molar-refractivity contribution in [1.29, 1.82) is 0 Å². The zero-order valence-corrected chi connectivity index (χ0v) is 10.2. The van der Waals surface area contributed by atoms with Gasteiger partial charge in [0.05, 0.1) is 11.1 Å². The molecule has 0 unspecified atom stereocenters. The second-order valence-electron chi connectivity index (χ2n) is 3.54. The maximum absolute atomic E-state index is 10.6. The minimum Gasteiger partial charge on any atom is -0.487 e. The lowest BCUT2D eigenvalue weighted by Gasteiger charge is -2.04. The summed E-state index contributed by atoms with van der Waals surface area (Å²) in [6.07, 6.45) is 1.72. The predicted octanol–water partition coefficient (Wildman–Crippen LogP) is 1.96. The molecular weight excluding hydrogens is 260 g/mol. The second kappa shape index (κ2) is 5.01. The van der Waals surface area contributed by atoms with Crippen molar-refractivity contribution < 1.29 is 9.66 Å². The maximum Gasteiger partial charge on any atom is 0.288 e. The van der Waals surface area contributed by atoms with E-state index >= 15 is 0 Å². The van der Waals surface area contributed by atoms with Crippen LogP contribution in [0.1, 0.15) is 5.69 Å². The van der Waals surface area contributed by atoms with Gasteiger partial charge in [-0.2, -0.15) is 0 Å². The number of rotatable bonds is 4. The molecule has 1 aromatic heterocycles. The topological polar surface area (TPSA) is 83.1 Å². The lowest BCUT2D eigenvalue weighted by atomic mass is 10.3. The van der Waals surface area contributed by atoms with Crippen molar-refractivity contribution in [2.24, 2.45) is 7.05 Å². The van der Waals surface area contributed by atoms with Crippen LogP contribution in [0.15, 0.2) is 24.4 Å². The van der Waals surface area contributed by atoms with Crippen LogP contribution in [0.5, 0.6) is 5.75 Å². The fourth-order valence-electron chi connectivity index (χ4n) is 1.34. The van der Waals surface area contributed by atoms with Gasteiger partial charge in [0.15, 0.2) is 0 Å². The first kappa shape index (κ1) is 12.3. The van der Waals surface area contributed by atoms with Gasteiger partial charge in [-0.15, -0.1) is 5.10 Å². The Labute approximate surface area is 107 Å².